The molecule has 3 heterocycles. The number of ether oxygens (including phenoxy) is 1. The summed E-state index contributed by atoms with van der Waals surface area (Å²) in [6.45, 7) is 4.27. The fraction of sp³-hybridized carbons (Fsp3) is 0.192. The summed E-state index contributed by atoms with van der Waals surface area (Å²) in [6, 6.07) is 2.75. The summed E-state index contributed by atoms with van der Waals surface area (Å²) < 4.78 is 77.0. The second kappa shape index (κ2) is 10.4. The molecular formula is C26H20F5N7O2. The van der Waals surface area contributed by atoms with E-state index >= 15 is 4.39 Å². The first kappa shape index (κ1) is 26.7. The van der Waals surface area contributed by atoms with Gasteiger partial charge in [0.1, 0.15) is 29.4 Å². The van der Waals surface area contributed by atoms with Crippen LogP contribution in [0.5, 0.6) is 11.5 Å². The number of aromatic nitrogens is 4. The highest BCUT2D eigenvalue weighted by molar-refractivity contribution is 6.10. The number of anilines is 1. The van der Waals surface area contributed by atoms with E-state index < -0.39 is 46.5 Å². The van der Waals surface area contributed by atoms with Gasteiger partial charge in [0.15, 0.2) is 17.3 Å². The summed E-state index contributed by atoms with van der Waals surface area (Å²) in [6.07, 6.45) is 3.33. The van der Waals surface area contributed by atoms with Crippen molar-refractivity contribution in [2.24, 2.45) is 0 Å². The normalized spacial score (nSPS) is 15.3. The van der Waals surface area contributed by atoms with Crippen LogP contribution in [0.15, 0.2) is 42.7 Å². The quantitative estimate of drug-likeness (QED) is 0.150. The second-order valence-corrected chi connectivity index (χ2v) is 9.01. The molecular weight excluding hydrogens is 537 g/mol. The number of hydrogen-bond donors (Lipinski definition) is 2. The molecule has 1 amide bonds. The molecule has 3 N–H and O–H groups in total. The van der Waals surface area contributed by atoms with E-state index in [2.05, 4.69) is 21.6 Å². The number of hydrogen-bond acceptors (Lipinski definition) is 7. The van der Waals surface area contributed by atoms with Gasteiger partial charge in [-0.2, -0.15) is 13.9 Å². The first-order valence-electron chi connectivity index (χ1n) is 11.9. The maximum Gasteiger partial charge on any atom is 0.254 e. The van der Waals surface area contributed by atoms with E-state index in [-0.39, 0.29) is 52.3 Å². The fourth-order valence-electron chi connectivity index (χ4n) is 4.55. The van der Waals surface area contributed by atoms with Gasteiger partial charge >= 0.3 is 0 Å². The zero-order valence-electron chi connectivity index (χ0n) is 20.6. The first-order chi connectivity index (χ1) is 19.1. The number of rotatable bonds is 6. The van der Waals surface area contributed by atoms with Crippen LogP contribution >= 0.6 is 0 Å². The Balaban J connectivity index is 1.53. The molecule has 40 heavy (non-hydrogen) atoms. The zero-order valence-corrected chi connectivity index (χ0v) is 20.6. The average molecular weight is 557 g/mol. The molecule has 1 unspecified atom stereocenters. The standard InChI is InChI=1S/C26H20F5N7O2/c1-12(9-32)26(39)37-6-2-3-13(10-37)38-25-19(24(33)34-11-35-25)22(36-38)15-5-4-14(7-16(15)27)40-23-20(30)17(28)8-18(29)21(23)31/h4-5,7-9,11,13,32H,1-3,6,10H2,(H2,33,34,35). The highest BCUT2D eigenvalue weighted by atomic mass is 19.2. The third-order valence-corrected chi connectivity index (χ3v) is 6.48. The molecule has 1 aliphatic rings. The number of halogens is 5. The van der Waals surface area contributed by atoms with Crippen LogP contribution in [0.25, 0.3) is 22.3 Å². The molecule has 1 atom stereocenters. The number of carbonyl (C=O) groups is 1. The highest BCUT2D eigenvalue weighted by Crippen LogP contribution is 2.37. The monoisotopic (exact) mass is 557 g/mol. The summed E-state index contributed by atoms with van der Waals surface area (Å²) in [5.74, 6) is -10.0. The number of amides is 1. The van der Waals surface area contributed by atoms with Crippen LogP contribution in [0, 0.1) is 34.5 Å². The number of carbonyl (C=O) groups excluding carboxylic acids is 1. The van der Waals surface area contributed by atoms with Crippen LogP contribution in [0.1, 0.15) is 18.9 Å². The minimum atomic E-state index is -1.78. The molecule has 0 radical (unpaired) electrons. The van der Waals surface area contributed by atoms with Gasteiger partial charge in [0, 0.05) is 42.6 Å². The number of nitrogen functional groups attached to an aromatic ring is 1. The summed E-state index contributed by atoms with van der Waals surface area (Å²) in [5, 5.41) is 12.1. The Bertz CT molecular complexity index is 1660. The summed E-state index contributed by atoms with van der Waals surface area (Å²) >= 11 is 0. The minimum absolute atomic E-state index is 0.00582. The molecule has 2 aromatic heterocycles. The molecule has 206 valence electrons. The van der Waals surface area contributed by atoms with Crippen molar-refractivity contribution >= 4 is 29.0 Å². The van der Waals surface area contributed by atoms with Crippen molar-refractivity contribution in [1.82, 2.24) is 24.6 Å². The van der Waals surface area contributed by atoms with Crippen LogP contribution < -0.4 is 10.5 Å². The van der Waals surface area contributed by atoms with Gasteiger partial charge in [0.2, 0.25) is 17.4 Å². The van der Waals surface area contributed by atoms with Crippen LogP contribution in [0.2, 0.25) is 0 Å². The Labute approximate surface area is 223 Å². The lowest BCUT2D eigenvalue weighted by Gasteiger charge is -2.33. The predicted octanol–water partition coefficient (Wildman–Crippen LogP) is 4.93. The molecule has 2 aromatic carbocycles. The smallest absolute Gasteiger partial charge is 0.254 e. The summed E-state index contributed by atoms with van der Waals surface area (Å²) in [4.78, 5) is 22.4. The summed E-state index contributed by atoms with van der Waals surface area (Å²) in [7, 11) is 0. The second-order valence-electron chi connectivity index (χ2n) is 9.01. The first-order valence-corrected chi connectivity index (χ1v) is 11.9. The lowest BCUT2D eigenvalue weighted by molar-refractivity contribution is -0.128. The molecule has 14 heteroatoms. The average Bonchev–Trinajstić information content (AvgIpc) is 3.34. The third kappa shape index (κ3) is 4.61. The molecule has 0 bridgehead atoms. The maximum atomic E-state index is 15.4. The van der Waals surface area contributed by atoms with E-state index in [9.17, 15) is 22.4 Å². The zero-order chi connectivity index (χ0) is 28.7. The van der Waals surface area contributed by atoms with Gasteiger partial charge in [0.05, 0.1) is 11.4 Å². The van der Waals surface area contributed by atoms with E-state index in [1.165, 1.54) is 17.1 Å². The number of fused-ring (bicyclic) bond motifs is 1. The van der Waals surface area contributed by atoms with Crippen LogP contribution in [-0.2, 0) is 4.79 Å². The fourth-order valence-corrected chi connectivity index (χ4v) is 4.55. The van der Waals surface area contributed by atoms with Crippen molar-refractivity contribution in [3.8, 4) is 22.8 Å². The molecule has 5 rings (SSSR count). The van der Waals surface area contributed by atoms with Crippen molar-refractivity contribution in [2.75, 3.05) is 18.8 Å². The van der Waals surface area contributed by atoms with Crippen molar-refractivity contribution in [1.29, 1.82) is 5.41 Å². The lowest BCUT2D eigenvalue weighted by atomic mass is 10.0. The lowest BCUT2D eigenvalue weighted by Crippen LogP contribution is -2.41. The molecule has 9 nitrogen and oxygen atoms in total. The minimum Gasteiger partial charge on any atom is -0.451 e. The van der Waals surface area contributed by atoms with E-state index in [1.54, 1.807) is 4.90 Å². The topological polar surface area (TPSA) is 123 Å². The molecule has 1 fully saturated rings. The highest BCUT2D eigenvalue weighted by Gasteiger charge is 2.30. The van der Waals surface area contributed by atoms with Crippen LogP contribution in [0.4, 0.5) is 27.8 Å². The number of piperidine rings is 1. The van der Waals surface area contributed by atoms with Gasteiger partial charge < -0.3 is 20.8 Å². The number of likely N-dealkylation sites (tertiary alicyclic amines) is 1. The molecule has 1 aliphatic heterocycles. The number of nitrogens with one attached hydrogen (secondary N) is 1. The largest absolute Gasteiger partial charge is 0.451 e. The van der Waals surface area contributed by atoms with Gasteiger partial charge in [0.25, 0.3) is 5.91 Å². The predicted molar refractivity (Wildman–Crippen MR) is 134 cm³/mol. The third-order valence-electron chi connectivity index (χ3n) is 6.48. The molecule has 0 aliphatic carbocycles. The maximum absolute atomic E-state index is 15.4. The van der Waals surface area contributed by atoms with Gasteiger partial charge in [-0.25, -0.2) is 27.8 Å². The Kier molecular flexibility index (Phi) is 6.92. The molecule has 0 saturated carbocycles. The van der Waals surface area contributed by atoms with Crippen molar-refractivity contribution in [3.05, 3.63) is 71.8 Å². The van der Waals surface area contributed by atoms with E-state index in [0.29, 0.717) is 19.4 Å². The molecule has 1 saturated heterocycles. The molecule has 4 aromatic rings. The summed E-state index contributed by atoms with van der Waals surface area (Å²) in [5.41, 5.74) is 6.38. The van der Waals surface area contributed by atoms with E-state index in [0.717, 1.165) is 18.3 Å². The van der Waals surface area contributed by atoms with Crippen LogP contribution in [-0.4, -0.2) is 49.9 Å². The number of nitrogens with zero attached hydrogens (tertiary/aromatic N) is 5. The van der Waals surface area contributed by atoms with E-state index in [4.69, 9.17) is 15.9 Å². The van der Waals surface area contributed by atoms with Crippen molar-refractivity contribution in [3.63, 3.8) is 0 Å². The van der Waals surface area contributed by atoms with Crippen molar-refractivity contribution in [2.45, 2.75) is 18.9 Å². The van der Waals surface area contributed by atoms with Gasteiger partial charge in [-0.3, -0.25) is 4.79 Å². The SMILES string of the molecule is C=C(C=N)C(=O)N1CCCC(n2nc(-c3ccc(Oc4c(F)c(F)cc(F)c4F)cc3F)c3c(N)ncnc32)C1. The number of nitrogens with two attached hydrogens (primary N) is 1. The Morgan fingerprint density at radius 2 is 1.82 bits per heavy atom. The Hall–Kier alpha value is -4.88. The number of benzene rings is 2. The van der Waals surface area contributed by atoms with Gasteiger partial charge in [-0.15, -0.1) is 0 Å². The van der Waals surface area contributed by atoms with Crippen LogP contribution in [0.3, 0.4) is 0 Å². The van der Waals surface area contributed by atoms with Gasteiger partial charge in [-0.1, -0.05) is 6.58 Å². The van der Waals surface area contributed by atoms with Gasteiger partial charge in [-0.05, 0) is 25.0 Å². The Morgan fingerprint density at radius 1 is 1.10 bits per heavy atom. The Morgan fingerprint density at radius 3 is 2.50 bits per heavy atom. The van der Waals surface area contributed by atoms with E-state index in [1.807, 2.05) is 0 Å². The van der Waals surface area contributed by atoms with Crippen molar-refractivity contribution < 1.29 is 31.5 Å². The molecule has 0 spiro atoms.